The molecular formula is C10H11IO2. The molecule has 0 aromatic heterocycles. The summed E-state index contributed by atoms with van der Waals surface area (Å²) in [7, 11) is 0. The van der Waals surface area contributed by atoms with Crippen molar-refractivity contribution in [3.05, 3.63) is 35.4 Å². The molecule has 1 aromatic rings. The zero-order valence-electron chi connectivity index (χ0n) is 7.33. The first-order chi connectivity index (χ1) is 6.16. The van der Waals surface area contributed by atoms with Crippen LogP contribution >= 0.6 is 22.6 Å². The Morgan fingerprint density at radius 3 is 2.62 bits per heavy atom. The number of hydrogen-bond donors (Lipinski definition) is 1. The van der Waals surface area contributed by atoms with Gasteiger partial charge in [-0.1, -0.05) is 24.3 Å². The van der Waals surface area contributed by atoms with E-state index in [-0.39, 0.29) is 16.3 Å². The summed E-state index contributed by atoms with van der Waals surface area (Å²) in [6.07, 6.45) is 0. The molecule has 0 aliphatic rings. The Balaban J connectivity index is 3.04. The molecule has 0 aliphatic heterocycles. The number of aliphatic hydroxyl groups excluding tert-OH is 1. The van der Waals surface area contributed by atoms with Crippen molar-refractivity contribution in [1.29, 1.82) is 0 Å². The van der Waals surface area contributed by atoms with E-state index in [1.54, 1.807) is 22.6 Å². The van der Waals surface area contributed by atoms with Gasteiger partial charge in [0.25, 0.3) is 0 Å². The molecule has 0 fully saturated rings. The predicted octanol–water partition coefficient (Wildman–Crippen LogP) is 2.03. The van der Waals surface area contributed by atoms with E-state index in [1.807, 2.05) is 31.2 Å². The highest BCUT2D eigenvalue weighted by Gasteiger charge is 2.18. The topological polar surface area (TPSA) is 37.3 Å². The third-order valence-corrected chi connectivity index (χ3v) is 2.77. The lowest BCUT2D eigenvalue weighted by Gasteiger charge is -2.12. The van der Waals surface area contributed by atoms with Crippen LogP contribution in [0.5, 0.6) is 0 Å². The van der Waals surface area contributed by atoms with Crippen LogP contribution in [0, 0.1) is 6.92 Å². The molecule has 3 heteroatoms. The van der Waals surface area contributed by atoms with Gasteiger partial charge in [-0.25, -0.2) is 0 Å². The summed E-state index contributed by atoms with van der Waals surface area (Å²) < 4.78 is -0.0191. The van der Waals surface area contributed by atoms with Gasteiger partial charge in [0.15, 0.2) is 0 Å². The fraction of sp³-hybridized carbons (Fsp3) is 0.300. The number of halogens is 1. The Bertz CT molecular complexity index is 310. The van der Waals surface area contributed by atoms with Crippen molar-refractivity contribution in [2.75, 3.05) is 6.61 Å². The van der Waals surface area contributed by atoms with Gasteiger partial charge < -0.3 is 5.11 Å². The second kappa shape index (κ2) is 4.72. The maximum atomic E-state index is 11.2. The van der Waals surface area contributed by atoms with E-state index >= 15 is 0 Å². The van der Waals surface area contributed by atoms with Crippen molar-refractivity contribution < 1.29 is 9.90 Å². The lowest BCUT2D eigenvalue weighted by atomic mass is 9.97. The zero-order valence-corrected chi connectivity index (χ0v) is 9.48. The van der Waals surface area contributed by atoms with E-state index in [0.717, 1.165) is 11.1 Å². The fourth-order valence-corrected chi connectivity index (χ4v) is 1.80. The summed E-state index contributed by atoms with van der Waals surface area (Å²) in [5, 5.41) is 9.05. The molecule has 0 saturated carbocycles. The minimum Gasteiger partial charge on any atom is -0.395 e. The summed E-state index contributed by atoms with van der Waals surface area (Å²) in [6.45, 7) is 1.82. The first-order valence-electron chi connectivity index (χ1n) is 4.02. The molecule has 2 nitrogen and oxygen atoms in total. The van der Waals surface area contributed by atoms with Gasteiger partial charge in [-0.2, -0.15) is 0 Å². The molecule has 0 heterocycles. The number of aliphatic hydroxyl groups is 1. The molecule has 0 bridgehead atoms. The average molecular weight is 290 g/mol. The second-order valence-corrected chi connectivity index (χ2v) is 3.96. The number of carbonyl (C=O) groups excluding carboxylic acids is 1. The van der Waals surface area contributed by atoms with Crippen LogP contribution in [0.25, 0.3) is 0 Å². The summed E-state index contributed by atoms with van der Waals surface area (Å²) >= 11 is 1.73. The number of rotatable bonds is 3. The number of carbonyl (C=O) groups is 1. The quantitative estimate of drug-likeness (QED) is 0.683. The molecule has 70 valence electrons. The smallest absolute Gasteiger partial charge is 0.202 e. The number of hydrogen-bond acceptors (Lipinski definition) is 2. The van der Waals surface area contributed by atoms with Crippen LogP contribution in [0.2, 0.25) is 0 Å². The van der Waals surface area contributed by atoms with Gasteiger partial charge in [0, 0.05) is 22.6 Å². The largest absolute Gasteiger partial charge is 0.395 e. The lowest BCUT2D eigenvalue weighted by molar-refractivity contribution is -0.111. The van der Waals surface area contributed by atoms with Gasteiger partial charge in [-0.15, -0.1) is 0 Å². The molecule has 1 unspecified atom stereocenters. The second-order valence-electron chi connectivity index (χ2n) is 2.90. The Hall–Kier alpha value is -0.420. The van der Waals surface area contributed by atoms with Gasteiger partial charge in [0.2, 0.25) is 3.79 Å². The Kier molecular flexibility index (Phi) is 3.87. The molecule has 13 heavy (non-hydrogen) atoms. The molecule has 1 N–H and O–H groups in total. The Morgan fingerprint density at radius 2 is 2.15 bits per heavy atom. The third kappa shape index (κ3) is 2.51. The SMILES string of the molecule is Cc1ccccc1C(CO)C(=O)I. The monoisotopic (exact) mass is 290 g/mol. The molecule has 0 amide bonds. The Morgan fingerprint density at radius 1 is 1.54 bits per heavy atom. The van der Waals surface area contributed by atoms with Crippen molar-refractivity contribution in [2.45, 2.75) is 12.8 Å². The highest BCUT2D eigenvalue weighted by atomic mass is 127. The van der Waals surface area contributed by atoms with Gasteiger partial charge in [0.05, 0.1) is 12.5 Å². The normalized spacial score (nSPS) is 12.5. The number of aryl methyl sites for hydroxylation is 1. The minimum atomic E-state index is -0.373. The first kappa shape index (κ1) is 10.7. The summed E-state index contributed by atoms with van der Waals surface area (Å²) in [5.74, 6) is -0.373. The van der Waals surface area contributed by atoms with Crippen molar-refractivity contribution in [3.63, 3.8) is 0 Å². The van der Waals surface area contributed by atoms with Crippen molar-refractivity contribution in [3.8, 4) is 0 Å². The minimum absolute atomic E-state index is 0.0191. The standard InChI is InChI=1S/C10H11IO2/c1-7-4-2-3-5-8(7)9(6-12)10(11)13/h2-5,9,12H,6H2,1H3. The average Bonchev–Trinajstić information content (AvgIpc) is 2.09. The van der Waals surface area contributed by atoms with Crippen molar-refractivity contribution >= 4 is 26.4 Å². The molecule has 0 radical (unpaired) electrons. The summed E-state index contributed by atoms with van der Waals surface area (Å²) in [5.41, 5.74) is 1.97. The van der Waals surface area contributed by atoms with E-state index in [0.29, 0.717) is 0 Å². The molecule has 0 spiro atoms. The molecular weight excluding hydrogens is 279 g/mol. The zero-order chi connectivity index (χ0) is 9.84. The van der Waals surface area contributed by atoms with E-state index in [1.165, 1.54) is 0 Å². The van der Waals surface area contributed by atoms with Gasteiger partial charge in [-0.05, 0) is 18.1 Å². The Labute approximate surface area is 91.1 Å². The van der Waals surface area contributed by atoms with Crippen molar-refractivity contribution in [1.82, 2.24) is 0 Å². The van der Waals surface area contributed by atoms with Crippen molar-refractivity contribution in [2.24, 2.45) is 0 Å². The van der Waals surface area contributed by atoms with Gasteiger partial charge in [-0.3, -0.25) is 4.79 Å². The highest BCUT2D eigenvalue weighted by Crippen LogP contribution is 2.22. The van der Waals surface area contributed by atoms with Gasteiger partial charge in [0.1, 0.15) is 0 Å². The summed E-state index contributed by atoms with van der Waals surface area (Å²) in [4.78, 5) is 11.2. The van der Waals surface area contributed by atoms with Crippen LogP contribution in [0.1, 0.15) is 17.0 Å². The maximum absolute atomic E-state index is 11.2. The van der Waals surface area contributed by atoms with E-state index in [4.69, 9.17) is 5.11 Å². The van der Waals surface area contributed by atoms with Crippen LogP contribution in [-0.4, -0.2) is 15.5 Å². The number of benzene rings is 1. The van der Waals surface area contributed by atoms with E-state index in [9.17, 15) is 4.79 Å². The predicted molar refractivity (Wildman–Crippen MR) is 60.0 cm³/mol. The van der Waals surface area contributed by atoms with E-state index < -0.39 is 0 Å². The molecule has 1 aromatic carbocycles. The fourth-order valence-electron chi connectivity index (χ4n) is 1.27. The molecule has 0 aliphatic carbocycles. The van der Waals surface area contributed by atoms with Crippen LogP contribution in [0.3, 0.4) is 0 Å². The first-order valence-corrected chi connectivity index (χ1v) is 5.10. The van der Waals surface area contributed by atoms with Crippen LogP contribution in [0.4, 0.5) is 0 Å². The highest BCUT2D eigenvalue weighted by molar-refractivity contribution is 14.1. The molecule has 0 saturated heterocycles. The third-order valence-electron chi connectivity index (χ3n) is 2.02. The summed E-state index contributed by atoms with van der Waals surface area (Å²) in [6, 6.07) is 7.62. The molecule has 1 atom stereocenters. The van der Waals surface area contributed by atoms with Crippen LogP contribution in [0.15, 0.2) is 24.3 Å². The lowest BCUT2D eigenvalue weighted by Crippen LogP contribution is -2.11. The van der Waals surface area contributed by atoms with Crippen LogP contribution in [-0.2, 0) is 4.79 Å². The van der Waals surface area contributed by atoms with Gasteiger partial charge >= 0.3 is 0 Å². The van der Waals surface area contributed by atoms with E-state index in [2.05, 4.69) is 0 Å². The van der Waals surface area contributed by atoms with Crippen LogP contribution < -0.4 is 0 Å². The molecule has 1 rings (SSSR count). The maximum Gasteiger partial charge on any atom is 0.202 e.